The van der Waals surface area contributed by atoms with Crippen LogP contribution in [0.25, 0.3) is 0 Å². The fourth-order valence-corrected chi connectivity index (χ4v) is 1.82. The number of hydrogen-bond acceptors (Lipinski definition) is 3. The van der Waals surface area contributed by atoms with Crippen LogP contribution in [0.4, 0.5) is 0 Å². The molecular formula is C9H14NO4P. The van der Waals surface area contributed by atoms with E-state index in [2.05, 4.69) is 4.52 Å². The van der Waals surface area contributed by atoms with Crippen LogP contribution in [0.5, 0.6) is 0 Å². The van der Waals surface area contributed by atoms with E-state index in [-0.39, 0.29) is 0 Å². The maximum absolute atomic E-state index is 10.7. The lowest BCUT2D eigenvalue weighted by Crippen LogP contribution is -2.09. The van der Waals surface area contributed by atoms with Gasteiger partial charge in [0.2, 0.25) is 0 Å². The highest BCUT2D eigenvalue weighted by atomic mass is 31.2. The van der Waals surface area contributed by atoms with Gasteiger partial charge >= 0.3 is 7.82 Å². The third-order valence-electron chi connectivity index (χ3n) is 1.86. The van der Waals surface area contributed by atoms with Gasteiger partial charge in [-0.05, 0) is 18.5 Å². The summed E-state index contributed by atoms with van der Waals surface area (Å²) in [4.78, 5) is 17.4. The van der Waals surface area contributed by atoms with E-state index in [1.165, 1.54) is 0 Å². The van der Waals surface area contributed by atoms with Crippen LogP contribution in [0, 0.1) is 0 Å². The zero-order valence-corrected chi connectivity index (χ0v) is 9.01. The van der Waals surface area contributed by atoms with Gasteiger partial charge in [-0.25, -0.2) is 4.57 Å². The highest BCUT2D eigenvalue weighted by Crippen LogP contribution is 2.43. The molecule has 6 heteroatoms. The Hall–Kier alpha value is -0.710. The molecule has 1 aromatic carbocycles. The van der Waals surface area contributed by atoms with Gasteiger partial charge in [0.25, 0.3) is 0 Å². The van der Waals surface area contributed by atoms with Crippen molar-refractivity contribution in [3.8, 4) is 0 Å². The van der Waals surface area contributed by atoms with Crippen molar-refractivity contribution in [3.05, 3.63) is 35.9 Å². The van der Waals surface area contributed by atoms with Crippen molar-refractivity contribution in [1.82, 2.24) is 0 Å². The lowest BCUT2D eigenvalue weighted by atomic mass is 10.1. The van der Waals surface area contributed by atoms with Crippen molar-refractivity contribution in [2.75, 3.05) is 6.54 Å². The first-order valence-electron chi connectivity index (χ1n) is 4.52. The maximum Gasteiger partial charge on any atom is 0.470 e. The van der Waals surface area contributed by atoms with Crippen LogP contribution >= 0.6 is 7.82 Å². The van der Waals surface area contributed by atoms with E-state index in [1.54, 1.807) is 24.3 Å². The highest BCUT2D eigenvalue weighted by Gasteiger charge is 2.22. The van der Waals surface area contributed by atoms with Crippen molar-refractivity contribution < 1.29 is 18.9 Å². The molecule has 0 aromatic heterocycles. The number of nitrogens with two attached hydrogens (primary N) is 1. The molecule has 15 heavy (non-hydrogen) atoms. The van der Waals surface area contributed by atoms with Crippen molar-refractivity contribution in [2.24, 2.45) is 5.73 Å². The molecule has 0 aliphatic carbocycles. The molecule has 1 atom stereocenters. The Morgan fingerprint density at radius 1 is 1.33 bits per heavy atom. The molecule has 0 heterocycles. The van der Waals surface area contributed by atoms with E-state index in [0.717, 1.165) is 0 Å². The molecule has 0 aliphatic rings. The standard InChI is InChI=1S/C9H14NO4P/c10-7-6-9(14-15(11,12)13)8-4-2-1-3-5-8/h1-5,9H,6-7,10H2,(H2,11,12,13). The molecule has 0 radical (unpaired) electrons. The van der Waals surface area contributed by atoms with Gasteiger partial charge in [0.1, 0.15) is 0 Å². The van der Waals surface area contributed by atoms with Crippen LogP contribution in [0.1, 0.15) is 18.1 Å². The predicted molar refractivity (Wildman–Crippen MR) is 56.0 cm³/mol. The molecular weight excluding hydrogens is 217 g/mol. The Morgan fingerprint density at radius 3 is 2.40 bits per heavy atom. The minimum absolute atomic E-state index is 0.305. The van der Waals surface area contributed by atoms with E-state index in [4.69, 9.17) is 15.5 Å². The van der Waals surface area contributed by atoms with Gasteiger partial charge in [-0.3, -0.25) is 4.52 Å². The SMILES string of the molecule is NCCC(OP(=O)(O)O)c1ccccc1. The number of phosphoric ester groups is 1. The van der Waals surface area contributed by atoms with E-state index < -0.39 is 13.9 Å². The quantitative estimate of drug-likeness (QED) is 0.662. The van der Waals surface area contributed by atoms with Gasteiger partial charge in [0, 0.05) is 0 Å². The second kappa shape index (κ2) is 5.39. The molecule has 1 unspecified atom stereocenters. The van der Waals surface area contributed by atoms with Gasteiger partial charge in [-0.2, -0.15) is 0 Å². The van der Waals surface area contributed by atoms with Crippen molar-refractivity contribution >= 4 is 7.82 Å². The van der Waals surface area contributed by atoms with Crippen LogP contribution in [-0.2, 0) is 9.09 Å². The molecule has 1 aromatic rings. The summed E-state index contributed by atoms with van der Waals surface area (Å²) >= 11 is 0. The zero-order valence-electron chi connectivity index (χ0n) is 8.11. The summed E-state index contributed by atoms with van der Waals surface area (Å²) in [5.74, 6) is 0. The van der Waals surface area contributed by atoms with E-state index in [1.807, 2.05) is 6.07 Å². The summed E-state index contributed by atoms with van der Waals surface area (Å²) in [6.07, 6.45) is -0.285. The minimum Gasteiger partial charge on any atom is -0.330 e. The zero-order chi connectivity index (χ0) is 11.3. The maximum atomic E-state index is 10.7. The largest absolute Gasteiger partial charge is 0.470 e. The summed E-state index contributed by atoms with van der Waals surface area (Å²) in [6, 6.07) is 8.87. The number of hydrogen-bond donors (Lipinski definition) is 3. The summed E-state index contributed by atoms with van der Waals surface area (Å²) < 4.78 is 15.4. The molecule has 1 rings (SSSR count). The Morgan fingerprint density at radius 2 is 1.93 bits per heavy atom. The Balaban J connectivity index is 2.79. The topological polar surface area (TPSA) is 92.8 Å². The normalized spacial score (nSPS) is 13.8. The third kappa shape index (κ3) is 4.55. The molecule has 0 amide bonds. The predicted octanol–water partition coefficient (Wildman–Crippen LogP) is 1.19. The summed E-state index contributed by atoms with van der Waals surface area (Å²) in [5.41, 5.74) is 6.07. The Kier molecular flexibility index (Phi) is 4.45. The fraction of sp³-hybridized carbons (Fsp3) is 0.333. The number of phosphoric acid groups is 1. The lowest BCUT2D eigenvalue weighted by molar-refractivity contribution is 0.129. The number of benzene rings is 1. The van der Waals surface area contributed by atoms with Gasteiger partial charge in [0.15, 0.2) is 0 Å². The smallest absolute Gasteiger partial charge is 0.330 e. The molecule has 0 aliphatic heterocycles. The second-order valence-corrected chi connectivity index (χ2v) is 4.26. The first-order valence-corrected chi connectivity index (χ1v) is 6.05. The van der Waals surface area contributed by atoms with Crippen molar-refractivity contribution in [1.29, 1.82) is 0 Å². The molecule has 4 N–H and O–H groups in total. The lowest BCUT2D eigenvalue weighted by Gasteiger charge is -2.17. The highest BCUT2D eigenvalue weighted by molar-refractivity contribution is 7.46. The summed E-state index contributed by atoms with van der Waals surface area (Å²) in [7, 11) is -4.47. The first kappa shape index (κ1) is 12.4. The van der Waals surface area contributed by atoms with Gasteiger partial charge in [-0.15, -0.1) is 0 Å². The van der Waals surface area contributed by atoms with E-state index in [9.17, 15) is 4.57 Å². The first-order chi connectivity index (χ1) is 7.03. The monoisotopic (exact) mass is 231 g/mol. The van der Waals surface area contributed by atoms with E-state index >= 15 is 0 Å². The third-order valence-corrected chi connectivity index (χ3v) is 2.39. The minimum atomic E-state index is -4.47. The number of rotatable bonds is 5. The molecule has 0 saturated heterocycles. The molecule has 0 bridgehead atoms. The summed E-state index contributed by atoms with van der Waals surface area (Å²) in [5, 5.41) is 0. The van der Waals surface area contributed by atoms with Gasteiger partial charge in [-0.1, -0.05) is 30.3 Å². The Labute approximate surface area is 88.1 Å². The molecule has 0 saturated carbocycles. The van der Waals surface area contributed by atoms with Gasteiger partial charge in [0.05, 0.1) is 6.10 Å². The molecule has 0 spiro atoms. The van der Waals surface area contributed by atoms with Crippen molar-refractivity contribution in [3.63, 3.8) is 0 Å². The summed E-state index contributed by atoms with van der Waals surface area (Å²) in [6.45, 7) is 0.305. The Bertz CT molecular complexity index is 337. The molecule has 84 valence electrons. The van der Waals surface area contributed by atoms with Crippen molar-refractivity contribution in [2.45, 2.75) is 12.5 Å². The van der Waals surface area contributed by atoms with Crippen LogP contribution in [0.3, 0.4) is 0 Å². The average molecular weight is 231 g/mol. The van der Waals surface area contributed by atoms with E-state index in [0.29, 0.717) is 18.5 Å². The van der Waals surface area contributed by atoms with Crippen LogP contribution in [0.2, 0.25) is 0 Å². The van der Waals surface area contributed by atoms with Crippen LogP contribution < -0.4 is 5.73 Å². The molecule has 0 fully saturated rings. The fourth-order valence-electron chi connectivity index (χ4n) is 1.27. The van der Waals surface area contributed by atoms with Gasteiger partial charge < -0.3 is 15.5 Å². The second-order valence-electron chi connectivity index (χ2n) is 3.07. The van der Waals surface area contributed by atoms with Crippen LogP contribution in [-0.4, -0.2) is 16.3 Å². The average Bonchev–Trinajstić information content (AvgIpc) is 2.17. The molecule has 5 nitrogen and oxygen atoms in total. The van der Waals surface area contributed by atoms with Crippen LogP contribution in [0.15, 0.2) is 30.3 Å².